The molecule has 1 aliphatic rings. The highest BCUT2D eigenvalue weighted by atomic mass is 19.1. The van der Waals surface area contributed by atoms with E-state index in [4.69, 9.17) is 9.47 Å². The molecule has 1 aromatic carbocycles. The van der Waals surface area contributed by atoms with Crippen molar-refractivity contribution in [3.63, 3.8) is 0 Å². The van der Waals surface area contributed by atoms with E-state index in [1.165, 1.54) is 23.1 Å². The third-order valence-corrected chi connectivity index (χ3v) is 6.70. The molecular formula is C29H40FN3O6. The fourth-order valence-corrected chi connectivity index (χ4v) is 4.30. The minimum Gasteiger partial charge on any atom is -0.388 e. The Hall–Kier alpha value is -2.92. The summed E-state index contributed by atoms with van der Waals surface area (Å²) < 4.78 is 26.2. The Labute approximate surface area is 229 Å². The first-order valence-electron chi connectivity index (χ1n) is 13.6. The quantitative estimate of drug-likeness (QED) is 0.574. The lowest BCUT2D eigenvalue weighted by Gasteiger charge is -2.34. The molecular weight excluding hydrogens is 505 g/mol. The maximum absolute atomic E-state index is 14.6. The van der Waals surface area contributed by atoms with Crippen LogP contribution in [0.3, 0.4) is 0 Å². The number of carbonyl (C=O) groups is 2. The van der Waals surface area contributed by atoms with E-state index in [2.05, 4.69) is 4.98 Å². The van der Waals surface area contributed by atoms with E-state index in [0.29, 0.717) is 50.5 Å². The van der Waals surface area contributed by atoms with Gasteiger partial charge in [0, 0.05) is 57.3 Å². The van der Waals surface area contributed by atoms with Gasteiger partial charge >= 0.3 is 0 Å². The standard InChI is InChI=1S/C29H40FN3O6/c1-21(2)11-18-39-26-19-33(29(37)23-7-3-4-8-24(23)30)16-15-32(28(36)22-9-12-31-13-10-22)14-5-6-17-38-20-25(34)27(26)35/h3-4,7-10,12-13,21,25-27,34-35H,5-6,11,14-20H2,1-2H3/t25-,26-,27-/m1/s1. The highest BCUT2D eigenvalue weighted by Gasteiger charge is 2.32. The van der Waals surface area contributed by atoms with Gasteiger partial charge in [-0.15, -0.1) is 0 Å². The van der Waals surface area contributed by atoms with Gasteiger partial charge in [0.25, 0.3) is 11.8 Å². The summed E-state index contributed by atoms with van der Waals surface area (Å²) in [6.07, 6.45) is 1.55. The summed E-state index contributed by atoms with van der Waals surface area (Å²) in [5.41, 5.74) is 0.354. The molecule has 0 radical (unpaired) electrons. The number of rotatable bonds is 6. The van der Waals surface area contributed by atoms with Crippen LogP contribution in [0.4, 0.5) is 4.39 Å². The molecule has 0 bridgehead atoms. The average molecular weight is 546 g/mol. The summed E-state index contributed by atoms with van der Waals surface area (Å²) in [6.45, 7) is 5.21. The molecule has 10 heteroatoms. The molecule has 3 atom stereocenters. The molecule has 0 spiro atoms. The molecule has 2 aromatic rings. The first-order valence-corrected chi connectivity index (χ1v) is 13.6. The van der Waals surface area contributed by atoms with Crippen molar-refractivity contribution in [1.82, 2.24) is 14.8 Å². The van der Waals surface area contributed by atoms with Crippen LogP contribution >= 0.6 is 0 Å². The SMILES string of the molecule is CC(C)CCO[C@@H]1CN(C(=O)c2ccccc2F)CCN(C(=O)c2ccncc2)CCCCOC[C@@H](O)[C@H]1O. The Morgan fingerprint density at radius 3 is 2.49 bits per heavy atom. The molecule has 39 heavy (non-hydrogen) atoms. The number of ether oxygens (including phenoxy) is 2. The predicted octanol–water partition coefficient (Wildman–Crippen LogP) is 2.77. The van der Waals surface area contributed by atoms with Crippen LogP contribution in [0.25, 0.3) is 0 Å². The Kier molecular flexibility index (Phi) is 12.3. The van der Waals surface area contributed by atoms with E-state index in [0.717, 1.165) is 0 Å². The molecule has 2 amide bonds. The molecule has 3 rings (SSSR count). The van der Waals surface area contributed by atoms with E-state index < -0.39 is 30.0 Å². The van der Waals surface area contributed by atoms with E-state index >= 15 is 0 Å². The molecule has 0 aliphatic carbocycles. The summed E-state index contributed by atoms with van der Waals surface area (Å²) in [7, 11) is 0. The van der Waals surface area contributed by atoms with Crippen LogP contribution in [-0.2, 0) is 9.47 Å². The maximum Gasteiger partial charge on any atom is 0.256 e. The van der Waals surface area contributed by atoms with Crippen LogP contribution in [-0.4, -0.2) is 101 Å². The van der Waals surface area contributed by atoms with Crippen molar-refractivity contribution < 1.29 is 33.7 Å². The molecule has 1 aromatic heterocycles. The van der Waals surface area contributed by atoms with Crippen molar-refractivity contribution in [3.8, 4) is 0 Å². The Morgan fingerprint density at radius 1 is 1.05 bits per heavy atom. The Balaban J connectivity index is 1.90. The van der Waals surface area contributed by atoms with Gasteiger partial charge < -0.3 is 29.5 Å². The third-order valence-electron chi connectivity index (χ3n) is 6.70. The molecule has 2 N–H and O–H groups in total. The molecule has 9 nitrogen and oxygen atoms in total. The van der Waals surface area contributed by atoms with E-state index in [9.17, 15) is 24.2 Å². The van der Waals surface area contributed by atoms with E-state index in [1.807, 2.05) is 13.8 Å². The summed E-state index contributed by atoms with van der Waals surface area (Å²) in [4.78, 5) is 33.9. The molecule has 2 heterocycles. The molecule has 0 unspecified atom stereocenters. The zero-order valence-electron chi connectivity index (χ0n) is 22.7. The van der Waals surface area contributed by atoms with Crippen molar-refractivity contribution in [3.05, 3.63) is 65.7 Å². The van der Waals surface area contributed by atoms with Gasteiger partial charge in [-0.05, 0) is 49.4 Å². The first kappa shape index (κ1) is 30.6. The summed E-state index contributed by atoms with van der Waals surface area (Å²) in [6, 6.07) is 8.96. The van der Waals surface area contributed by atoms with Crippen LogP contribution in [0, 0.1) is 11.7 Å². The number of aliphatic hydroxyl groups excluding tert-OH is 2. The van der Waals surface area contributed by atoms with Gasteiger partial charge in [-0.3, -0.25) is 14.6 Å². The number of pyridine rings is 1. The third kappa shape index (κ3) is 9.35. The predicted molar refractivity (Wildman–Crippen MR) is 144 cm³/mol. The van der Waals surface area contributed by atoms with E-state index in [-0.39, 0.29) is 37.7 Å². The van der Waals surface area contributed by atoms with Gasteiger partial charge in [-0.25, -0.2) is 4.39 Å². The second kappa shape index (κ2) is 15.6. The zero-order chi connectivity index (χ0) is 28.2. The van der Waals surface area contributed by atoms with Gasteiger partial charge in [0.05, 0.1) is 12.2 Å². The summed E-state index contributed by atoms with van der Waals surface area (Å²) >= 11 is 0. The molecule has 0 saturated carbocycles. The minimum atomic E-state index is -1.34. The van der Waals surface area contributed by atoms with Crippen LogP contribution in [0.15, 0.2) is 48.8 Å². The van der Waals surface area contributed by atoms with Crippen molar-refractivity contribution in [1.29, 1.82) is 0 Å². The van der Waals surface area contributed by atoms with Gasteiger partial charge in [0.1, 0.15) is 24.1 Å². The number of aliphatic hydroxyl groups is 2. The topological polar surface area (TPSA) is 112 Å². The largest absolute Gasteiger partial charge is 0.388 e. The number of halogens is 1. The Bertz CT molecular complexity index is 1040. The normalized spacial score (nSPS) is 21.9. The summed E-state index contributed by atoms with van der Waals surface area (Å²) in [5.74, 6) is -1.12. The fraction of sp³-hybridized carbons (Fsp3) is 0.552. The number of amides is 2. The zero-order valence-corrected chi connectivity index (χ0v) is 22.7. The monoisotopic (exact) mass is 545 g/mol. The number of benzene rings is 1. The van der Waals surface area contributed by atoms with Crippen molar-refractivity contribution in [2.75, 3.05) is 46.0 Å². The van der Waals surface area contributed by atoms with Gasteiger partial charge in [-0.2, -0.15) is 0 Å². The highest BCUT2D eigenvalue weighted by molar-refractivity contribution is 5.95. The summed E-state index contributed by atoms with van der Waals surface area (Å²) in [5, 5.41) is 21.6. The lowest BCUT2D eigenvalue weighted by molar-refractivity contribution is -0.116. The van der Waals surface area contributed by atoms with Gasteiger partial charge in [0.2, 0.25) is 0 Å². The number of hydrogen-bond acceptors (Lipinski definition) is 7. The second-order valence-corrected chi connectivity index (χ2v) is 10.2. The smallest absolute Gasteiger partial charge is 0.256 e. The Morgan fingerprint density at radius 2 is 1.77 bits per heavy atom. The lowest BCUT2D eigenvalue weighted by Crippen LogP contribution is -2.51. The molecule has 1 saturated heterocycles. The molecule has 214 valence electrons. The number of nitrogens with zero attached hydrogens (tertiary/aromatic N) is 3. The van der Waals surface area contributed by atoms with Crippen molar-refractivity contribution in [2.24, 2.45) is 5.92 Å². The molecule has 1 aliphatic heterocycles. The number of hydrogen-bond donors (Lipinski definition) is 2. The number of carbonyl (C=O) groups excluding carboxylic acids is 2. The lowest BCUT2D eigenvalue weighted by atomic mass is 10.1. The highest BCUT2D eigenvalue weighted by Crippen LogP contribution is 2.16. The minimum absolute atomic E-state index is 0.0767. The van der Waals surface area contributed by atoms with Gasteiger partial charge in [-0.1, -0.05) is 26.0 Å². The average Bonchev–Trinajstić information content (AvgIpc) is 2.93. The van der Waals surface area contributed by atoms with E-state index in [1.54, 1.807) is 35.5 Å². The van der Waals surface area contributed by atoms with Crippen LogP contribution in [0.2, 0.25) is 0 Å². The maximum atomic E-state index is 14.6. The number of aromatic nitrogens is 1. The molecule has 1 fully saturated rings. The van der Waals surface area contributed by atoms with Crippen LogP contribution < -0.4 is 0 Å². The van der Waals surface area contributed by atoms with Crippen molar-refractivity contribution >= 4 is 11.8 Å². The van der Waals surface area contributed by atoms with Gasteiger partial charge in [0.15, 0.2) is 0 Å². The van der Waals surface area contributed by atoms with Crippen LogP contribution in [0.1, 0.15) is 53.8 Å². The van der Waals surface area contributed by atoms with Crippen LogP contribution in [0.5, 0.6) is 0 Å². The first-order chi connectivity index (χ1) is 18.8. The fourth-order valence-electron chi connectivity index (χ4n) is 4.30. The van der Waals surface area contributed by atoms with Crippen molar-refractivity contribution in [2.45, 2.75) is 51.4 Å². The second-order valence-electron chi connectivity index (χ2n) is 10.2.